The van der Waals surface area contributed by atoms with Gasteiger partial charge in [0.25, 0.3) is 0 Å². The van der Waals surface area contributed by atoms with Gasteiger partial charge < -0.3 is 4.90 Å². The van der Waals surface area contributed by atoms with Gasteiger partial charge in [-0.3, -0.25) is 0 Å². The predicted octanol–water partition coefficient (Wildman–Crippen LogP) is 23.6. The summed E-state index contributed by atoms with van der Waals surface area (Å²) in [5.74, 6) is 2.32. The van der Waals surface area contributed by atoms with Crippen molar-refractivity contribution < 1.29 is 0 Å². The van der Waals surface area contributed by atoms with Crippen LogP contribution in [-0.2, 0) is 27.1 Å². The number of rotatable bonds is 5. The molecule has 1 heteroatoms. The van der Waals surface area contributed by atoms with Crippen LogP contribution in [0, 0.1) is 55.3 Å². The van der Waals surface area contributed by atoms with Crippen LogP contribution in [0.25, 0.3) is 33.0 Å². The van der Waals surface area contributed by atoms with E-state index in [1.165, 1.54) is 123 Å². The minimum absolute atomic E-state index is 0.0372. The monoisotopic (exact) mass is 1130 g/mol. The van der Waals surface area contributed by atoms with Gasteiger partial charge in [-0.15, -0.1) is 0 Å². The van der Waals surface area contributed by atoms with E-state index in [9.17, 15) is 0 Å². The molecule has 0 aromatic heterocycles. The Morgan fingerprint density at radius 2 is 1.06 bits per heavy atom. The third kappa shape index (κ3) is 9.20. The first kappa shape index (κ1) is 59.4. The Hall–Kier alpha value is -6.96. The average molecular weight is 1130 g/mol. The molecule has 7 aromatic rings. The molecule has 0 saturated heterocycles. The molecule has 7 aliphatic rings. The summed E-state index contributed by atoms with van der Waals surface area (Å²) in [6.45, 7) is 53.1. The molecule has 7 aliphatic carbocycles. The molecular formula is C85H97N. The minimum atomic E-state index is -0.0372. The van der Waals surface area contributed by atoms with Gasteiger partial charge in [-0.2, -0.15) is 0 Å². The maximum absolute atomic E-state index is 3.89. The maximum atomic E-state index is 3.89. The third-order valence-electron chi connectivity index (χ3n) is 21.9. The van der Waals surface area contributed by atoms with E-state index in [1.807, 2.05) is 6.08 Å². The predicted molar refractivity (Wildman–Crippen MR) is 372 cm³/mol. The molecule has 0 heterocycles. The second-order valence-corrected chi connectivity index (χ2v) is 32.0. The lowest BCUT2D eigenvalue weighted by atomic mass is 9.56. The van der Waals surface area contributed by atoms with Crippen LogP contribution in [0.2, 0.25) is 0 Å². The molecular weight excluding hydrogens is 1030 g/mol. The molecule has 0 aliphatic heterocycles. The summed E-state index contributed by atoms with van der Waals surface area (Å²) in [6.07, 6.45) is 15.3. The molecule has 86 heavy (non-hydrogen) atoms. The van der Waals surface area contributed by atoms with Crippen molar-refractivity contribution in [2.24, 2.45) is 34.5 Å². The fraction of sp³-hybridized carbons (Fsp3) is 0.388. The summed E-state index contributed by atoms with van der Waals surface area (Å²) in [4.78, 5) is 2.41. The largest absolute Gasteiger partial charge is 0.310 e. The van der Waals surface area contributed by atoms with Crippen molar-refractivity contribution in [3.05, 3.63) is 253 Å². The molecule has 4 unspecified atom stereocenters. The number of benzene rings is 7. The summed E-state index contributed by atoms with van der Waals surface area (Å²) < 4.78 is 0. The van der Waals surface area contributed by atoms with Gasteiger partial charge in [0.05, 0.1) is 0 Å². The van der Waals surface area contributed by atoms with Crippen molar-refractivity contribution in [2.75, 3.05) is 4.90 Å². The Kier molecular flexibility index (Phi) is 13.8. The molecule has 1 nitrogen and oxygen atoms in total. The van der Waals surface area contributed by atoms with Crippen molar-refractivity contribution in [2.45, 2.75) is 179 Å². The van der Waals surface area contributed by atoms with E-state index in [2.05, 4.69) is 309 Å². The first-order chi connectivity index (χ1) is 40.2. The number of aryl methyl sites for hydroxylation is 3. The number of anilines is 3. The van der Waals surface area contributed by atoms with Crippen LogP contribution in [0.1, 0.15) is 192 Å². The normalized spacial score (nSPS) is 22.1. The summed E-state index contributed by atoms with van der Waals surface area (Å²) in [6, 6.07) is 46.3. The van der Waals surface area contributed by atoms with Crippen LogP contribution >= 0.6 is 0 Å². The van der Waals surface area contributed by atoms with E-state index >= 15 is 0 Å². The van der Waals surface area contributed by atoms with E-state index in [0.29, 0.717) is 29.1 Å². The van der Waals surface area contributed by atoms with Gasteiger partial charge in [-0.05, 0) is 193 Å². The lowest BCUT2D eigenvalue weighted by Crippen LogP contribution is -2.38. The van der Waals surface area contributed by atoms with Gasteiger partial charge in [0.1, 0.15) is 0 Å². The highest BCUT2D eigenvalue weighted by molar-refractivity contribution is 6.09. The number of hydrogen-bond donors (Lipinski definition) is 0. The summed E-state index contributed by atoms with van der Waals surface area (Å²) in [5, 5.41) is 2.93. The zero-order chi connectivity index (χ0) is 61.9. The fourth-order valence-corrected chi connectivity index (χ4v) is 16.9. The van der Waals surface area contributed by atoms with Crippen molar-refractivity contribution in [1.29, 1.82) is 0 Å². The molecule has 0 N–H and O–H groups in total. The average Bonchev–Trinajstić information content (AvgIpc) is 1.50. The number of fused-ring (bicyclic) bond motifs is 3. The third-order valence-corrected chi connectivity index (χ3v) is 21.9. The molecule has 0 radical (unpaired) electrons. The van der Waals surface area contributed by atoms with E-state index in [0.717, 1.165) is 0 Å². The zero-order valence-electron chi connectivity index (χ0n) is 56.2. The van der Waals surface area contributed by atoms with Gasteiger partial charge in [-0.25, -0.2) is 0 Å². The van der Waals surface area contributed by atoms with Gasteiger partial charge >= 0.3 is 0 Å². The van der Waals surface area contributed by atoms with Gasteiger partial charge in [0.2, 0.25) is 0 Å². The quantitative estimate of drug-likeness (QED) is 0.155. The van der Waals surface area contributed by atoms with Crippen molar-refractivity contribution in [1.82, 2.24) is 0 Å². The highest BCUT2D eigenvalue weighted by Gasteiger charge is 2.57. The summed E-state index contributed by atoms with van der Waals surface area (Å²) in [5.41, 5.74) is 33.9. The fourth-order valence-electron chi connectivity index (χ4n) is 16.9. The Morgan fingerprint density at radius 3 is 1.64 bits per heavy atom. The molecule has 0 amide bonds. The van der Waals surface area contributed by atoms with E-state index in [4.69, 9.17) is 0 Å². The Morgan fingerprint density at radius 1 is 0.535 bits per heavy atom. The molecule has 442 valence electrons. The molecule has 1 saturated carbocycles. The molecule has 14 rings (SSSR count). The SMILES string of the molecule is C=C/C=C\C1C2=C3C(=CC1C)C(C)(C)C1=CC(C)=CC(C13)C(C)(C)C2.Cc1cc2c3c(c1)C(C)(C)c1cccc4c(C)cc(c-3c14)C2(C)C.Cc1ccc2c(c1)C(C)(C)c1cc(N(c3ccc(C(C)(C)C)cc3)c3ccc(C(C)(C)C)cc3)ccc1-2. The van der Waals surface area contributed by atoms with Gasteiger partial charge in [0, 0.05) is 50.6 Å². The van der Waals surface area contributed by atoms with Crippen molar-refractivity contribution >= 4 is 27.8 Å². The number of hydrogen-bond acceptors (Lipinski definition) is 1. The molecule has 7 aromatic carbocycles. The second-order valence-electron chi connectivity index (χ2n) is 32.0. The smallest absolute Gasteiger partial charge is 0.0465 e. The standard InChI is InChI=1S/C36H41N.C25H32.C24H24/c1-24-10-20-30-31-21-19-29(23-33(31)36(8,9)32(30)22-24)37(27-15-11-25(12-16-27)34(2,3)4)28-17-13-26(14-18-28)35(5,6)7;1-8-9-10-17-16(3)13-21-22-18(17)14-24(4,5)19-11-15(2)12-20(23(19)22)25(21,6)7;1-13-10-17-21-18(11-13)24(5,6)19-12-14(2)15-8-7-9-16(23(17,3)4)20(15)22(19)21/h10-23H,1-9H3;8-13,16-17,19,23H,1,14H2,2-7H3;7-12H,1-6H3/b;10-9-;. The molecule has 0 spiro atoms. The van der Waals surface area contributed by atoms with Crippen LogP contribution in [0.5, 0.6) is 0 Å². The molecule has 1 fully saturated rings. The number of allylic oxidation sites excluding steroid dienone is 11. The van der Waals surface area contributed by atoms with Crippen LogP contribution in [0.4, 0.5) is 17.1 Å². The van der Waals surface area contributed by atoms with Crippen LogP contribution < -0.4 is 4.90 Å². The highest BCUT2D eigenvalue weighted by atomic mass is 15.1. The van der Waals surface area contributed by atoms with E-state index < -0.39 is 0 Å². The van der Waals surface area contributed by atoms with Crippen molar-refractivity contribution in [3.8, 4) is 22.3 Å². The number of nitrogens with zero attached hydrogens (tertiary/aromatic N) is 1. The highest BCUT2D eigenvalue weighted by Crippen LogP contribution is 2.68. The lowest BCUT2D eigenvalue weighted by Gasteiger charge is -2.48. The van der Waals surface area contributed by atoms with Crippen LogP contribution in [0.15, 0.2) is 192 Å². The molecule has 0 bridgehead atoms. The zero-order valence-corrected chi connectivity index (χ0v) is 56.2. The Bertz CT molecular complexity index is 4070. The maximum Gasteiger partial charge on any atom is 0.0465 e. The second kappa shape index (κ2) is 20.0. The topological polar surface area (TPSA) is 3.24 Å². The van der Waals surface area contributed by atoms with Gasteiger partial charge in [0.15, 0.2) is 0 Å². The lowest BCUT2D eigenvalue weighted by molar-refractivity contribution is 0.189. The first-order valence-corrected chi connectivity index (χ1v) is 32.4. The summed E-state index contributed by atoms with van der Waals surface area (Å²) in [7, 11) is 0. The molecule has 4 atom stereocenters. The Balaban J connectivity index is 0.000000130. The van der Waals surface area contributed by atoms with Gasteiger partial charge in [-0.1, -0.05) is 274 Å². The van der Waals surface area contributed by atoms with Crippen LogP contribution in [0.3, 0.4) is 0 Å². The van der Waals surface area contributed by atoms with Crippen molar-refractivity contribution in [3.63, 3.8) is 0 Å². The minimum Gasteiger partial charge on any atom is -0.310 e. The van der Waals surface area contributed by atoms with Crippen LogP contribution in [-0.4, -0.2) is 0 Å². The van der Waals surface area contributed by atoms with E-state index in [-0.39, 0.29) is 32.5 Å². The Labute approximate surface area is 518 Å². The summed E-state index contributed by atoms with van der Waals surface area (Å²) >= 11 is 0. The first-order valence-electron chi connectivity index (χ1n) is 32.4. The van der Waals surface area contributed by atoms with E-state index in [1.54, 1.807) is 22.3 Å².